The molecule has 0 bridgehead atoms. The zero-order valence-electron chi connectivity index (χ0n) is 14.7. The minimum Gasteiger partial charge on any atom is -0.493 e. The fraction of sp³-hybridized carbons (Fsp3) is 0.263. The molecule has 138 valence electrons. The number of azo groups is 1. The van der Waals surface area contributed by atoms with Crippen LogP contribution < -0.4 is 5.32 Å². The Morgan fingerprint density at radius 1 is 1.15 bits per heavy atom. The molecule has 0 saturated carbocycles. The zero-order chi connectivity index (χ0) is 18.6. The van der Waals surface area contributed by atoms with E-state index < -0.39 is 5.91 Å². The highest BCUT2D eigenvalue weighted by atomic mass is 16.3. The average molecular weight is 364 g/mol. The molecule has 2 aromatic heterocycles. The van der Waals surface area contributed by atoms with Crippen LogP contribution in [0.2, 0.25) is 0 Å². The van der Waals surface area contributed by atoms with E-state index >= 15 is 0 Å². The Bertz CT molecular complexity index is 977. The van der Waals surface area contributed by atoms with E-state index in [0.29, 0.717) is 17.9 Å². The largest absolute Gasteiger partial charge is 0.493 e. The van der Waals surface area contributed by atoms with E-state index in [0.717, 1.165) is 37.1 Å². The molecule has 3 heterocycles. The van der Waals surface area contributed by atoms with E-state index in [1.165, 1.54) is 12.4 Å². The number of amides is 1. The summed E-state index contributed by atoms with van der Waals surface area (Å²) in [5, 5.41) is 22.7. The van der Waals surface area contributed by atoms with Crippen molar-refractivity contribution >= 4 is 22.5 Å². The zero-order valence-corrected chi connectivity index (χ0v) is 14.7. The first-order valence-corrected chi connectivity index (χ1v) is 8.83. The van der Waals surface area contributed by atoms with Crippen LogP contribution in [0.1, 0.15) is 10.4 Å². The van der Waals surface area contributed by atoms with Crippen LogP contribution in [0.25, 0.3) is 10.9 Å². The predicted octanol–water partition coefficient (Wildman–Crippen LogP) is 2.53. The van der Waals surface area contributed by atoms with Gasteiger partial charge in [-0.2, -0.15) is 0 Å². The minimum atomic E-state index is -0.476. The molecule has 1 aromatic carbocycles. The maximum atomic E-state index is 12.2. The van der Waals surface area contributed by atoms with Crippen molar-refractivity contribution in [1.82, 2.24) is 19.8 Å². The quantitative estimate of drug-likeness (QED) is 0.694. The number of rotatable bonds is 4. The number of para-hydroxylation sites is 1. The van der Waals surface area contributed by atoms with E-state index in [-0.39, 0.29) is 5.88 Å². The van der Waals surface area contributed by atoms with Crippen LogP contribution in [-0.2, 0) is 6.67 Å². The standard InChI is InChI=1S/C19H20N6O2/c26-18(14-5-7-20-8-6-14)23-22-17-15-3-1-2-4-16(15)25(19(17)27)13-24-11-9-21-10-12-24/h1-8,21,27H,9-13H2. The maximum absolute atomic E-state index is 12.2. The number of pyridine rings is 1. The van der Waals surface area contributed by atoms with Gasteiger partial charge in [-0.1, -0.05) is 18.2 Å². The second-order valence-electron chi connectivity index (χ2n) is 6.37. The van der Waals surface area contributed by atoms with E-state index in [9.17, 15) is 9.90 Å². The van der Waals surface area contributed by atoms with Crippen LogP contribution in [0.3, 0.4) is 0 Å². The molecule has 1 aliphatic rings. The van der Waals surface area contributed by atoms with Gasteiger partial charge in [-0.25, -0.2) is 0 Å². The monoisotopic (exact) mass is 364 g/mol. The van der Waals surface area contributed by atoms with Gasteiger partial charge >= 0.3 is 0 Å². The molecule has 0 spiro atoms. The van der Waals surface area contributed by atoms with E-state index in [4.69, 9.17) is 0 Å². The summed E-state index contributed by atoms with van der Waals surface area (Å²) in [6.07, 6.45) is 3.05. The lowest BCUT2D eigenvalue weighted by Crippen LogP contribution is -2.43. The topological polar surface area (TPSA) is 95.1 Å². The second-order valence-corrected chi connectivity index (χ2v) is 6.37. The van der Waals surface area contributed by atoms with Crippen molar-refractivity contribution in [2.75, 3.05) is 26.2 Å². The number of hydrogen-bond acceptors (Lipinski definition) is 6. The summed E-state index contributed by atoms with van der Waals surface area (Å²) in [6.45, 7) is 4.22. The van der Waals surface area contributed by atoms with Crippen LogP contribution >= 0.6 is 0 Å². The molecule has 8 nitrogen and oxygen atoms in total. The second kappa shape index (κ2) is 7.65. The van der Waals surface area contributed by atoms with Gasteiger partial charge in [0, 0.05) is 49.5 Å². The summed E-state index contributed by atoms with van der Waals surface area (Å²) in [5.41, 5.74) is 1.57. The van der Waals surface area contributed by atoms with Gasteiger partial charge in [0.05, 0.1) is 12.2 Å². The molecule has 0 aliphatic carbocycles. The number of carbonyl (C=O) groups is 1. The number of nitrogens with one attached hydrogen (secondary N) is 1. The van der Waals surface area contributed by atoms with Gasteiger partial charge in [-0.05, 0) is 18.2 Å². The fourth-order valence-corrected chi connectivity index (χ4v) is 3.21. The van der Waals surface area contributed by atoms with Crippen molar-refractivity contribution in [3.8, 4) is 5.88 Å². The Balaban J connectivity index is 1.67. The van der Waals surface area contributed by atoms with Crippen molar-refractivity contribution in [1.29, 1.82) is 0 Å². The van der Waals surface area contributed by atoms with Gasteiger partial charge in [0.25, 0.3) is 5.91 Å². The normalized spacial score (nSPS) is 15.6. The summed E-state index contributed by atoms with van der Waals surface area (Å²) >= 11 is 0. The molecule has 1 fully saturated rings. The lowest BCUT2D eigenvalue weighted by Gasteiger charge is -2.27. The summed E-state index contributed by atoms with van der Waals surface area (Å²) in [6, 6.07) is 10.7. The van der Waals surface area contributed by atoms with Crippen LogP contribution in [0.15, 0.2) is 59.0 Å². The van der Waals surface area contributed by atoms with E-state index in [2.05, 4.69) is 25.4 Å². The summed E-state index contributed by atoms with van der Waals surface area (Å²) < 4.78 is 1.81. The fourth-order valence-electron chi connectivity index (χ4n) is 3.21. The lowest BCUT2D eigenvalue weighted by molar-refractivity contribution is 0.0995. The molecule has 8 heteroatoms. The van der Waals surface area contributed by atoms with Crippen molar-refractivity contribution < 1.29 is 9.90 Å². The van der Waals surface area contributed by atoms with Gasteiger partial charge in [0.2, 0.25) is 5.88 Å². The summed E-state index contributed by atoms with van der Waals surface area (Å²) in [4.78, 5) is 18.3. The van der Waals surface area contributed by atoms with Crippen molar-refractivity contribution in [2.24, 2.45) is 10.2 Å². The number of piperazine rings is 1. The van der Waals surface area contributed by atoms with Crippen molar-refractivity contribution in [3.05, 3.63) is 54.4 Å². The van der Waals surface area contributed by atoms with Crippen LogP contribution in [-0.4, -0.2) is 51.6 Å². The smallest absolute Gasteiger partial charge is 0.295 e. The Kier molecular flexibility index (Phi) is 4.91. The average Bonchev–Trinajstić information content (AvgIpc) is 2.99. The first kappa shape index (κ1) is 17.3. The van der Waals surface area contributed by atoms with Crippen LogP contribution in [0, 0.1) is 0 Å². The maximum Gasteiger partial charge on any atom is 0.295 e. The van der Waals surface area contributed by atoms with Gasteiger partial charge in [-0.3, -0.25) is 19.2 Å². The molecule has 0 atom stereocenters. The third kappa shape index (κ3) is 3.57. The summed E-state index contributed by atoms with van der Waals surface area (Å²) in [5.74, 6) is -0.461. The number of aromatic hydroxyl groups is 1. The van der Waals surface area contributed by atoms with Gasteiger partial charge in [0.1, 0.15) is 0 Å². The Morgan fingerprint density at radius 2 is 1.89 bits per heavy atom. The first-order valence-electron chi connectivity index (χ1n) is 8.83. The van der Waals surface area contributed by atoms with E-state index in [1.807, 2.05) is 28.8 Å². The molecule has 2 N–H and O–H groups in total. The van der Waals surface area contributed by atoms with Crippen LogP contribution in [0.5, 0.6) is 5.88 Å². The highest BCUT2D eigenvalue weighted by Gasteiger charge is 2.19. The highest BCUT2D eigenvalue weighted by Crippen LogP contribution is 2.39. The van der Waals surface area contributed by atoms with Crippen molar-refractivity contribution in [2.45, 2.75) is 6.67 Å². The van der Waals surface area contributed by atoms with Crippen molar-refractivity contribution in [3.63, 3.8) is 0 Å². The first-order chi connectivity index (χ1) is 13.2. The lowest BCUT2D eigenvalue weighted by atomic mass is 10.2. The third-order valence-electron chi connectivity index (χ3n) is 4.64. The SMILES string of the molecule is O=C(N=Nc1c(O)n(CN2CCNCC2)c2ccccc12)c1ccncc1. The molecule has 1 amide bonds. The molecule has 1 saturated heterocycles. The number of carbonyl (C=O) groups excluding carboxylic acids is 1. The number of hydrogen-bond donors (Lipinski definition) is 2. The molecular weight excluding hydrogens is 344 g/mol. The van der Waals surface area contributed by atoms with E-state index in [1.54, 1.807) is 12.1 Å². The van der Waals surface area contributed by atoms with Gasteiger partial charge in [-0.15, -0.1) is 10.2 Å². The molecular formula is C19H20N6O2. The van der Waals surface area contributed by atoms with Crippen LogP contribution in [0.4, 0.5) is 5.69 Å². The van der Waals surface area contributed by atoms with Gasteiger partial charge < -0.3 is 10.4 Å². The highest BCUT2D eigenvalue weighted by molar-refractivity contribution is 5.97. The molecule has 3 aromatic rings. The van der Waals surface area contributed by atoms with Gasteiger partial charge in [0.15, 0.2) is 5.69 Å². The Labute approximate surface area is 156 Å². The molecule has 4 rings (SSSR count). The minimum absolute atomic E-state index is 0.0148. The number of aromatic nitrogens is 2. The third-order valence-corrected chi connectivity index (χ3v) is 4.64. The number of fused-ring (bicyclic) bond motifs is 1. The molecule has 1 aliphatic heterocycles. The molecule has 27 heavy (non-hydrogen) atoms. The summed E-state index contributed by atoms with van der Waals surface area (Å²) in [7, 11) is 0. The number of nitrogens with zero attached hydrogens (tertiary/aromatic N) is 5. The Morgan fingerprint density at radius 3 is 2.67 bits per heavy atom. The predicted molar refractivity (Wildman–Crippen MR) is 101 cm³/mol. The number of benzene rings is 1. The molecule has 0 unspecified atom stereocenters. The Hall–Kier alpha value is -3.10. The molecule has 0 radical (unpaired) electrons.